The second-order valence-electron chi connectivity index (χ2n) is 3.75. The van der Waals surface area contributed by atoms with Crippen LogP contribution in [0.5, 0.6) is 0 Å². The number of carboxylic acids is 1. The van der Waals surface area contributed by atoms with Gasteiger partial charge in [0.05, 0.1) is 0 Å². The van der Waals surface area contributed by atoms with Gasteiger partial charge < -0.3 is 10.4 Å². The Labute approximate surface area is 108 Å². The Morgan fingerprint density at radius 1 is 1.53 bits per heavy atom. The number of carbonyl (C=O) groups is 2. The molecule has 0 aromatic heterocycles. The highest BCUT2D eigenvalue weighted by molar-refractivity contribution is 9.10. The largest absolute Gasteiger partial charge is 0.481 e. The van der Waals surface area contributed by atoms with Crippen LogP contribution < -0.4 is 5.32 Å². The van der Waals surface area contributed by atoms with E-state index in [9.17, 15) is 9.59 Å². The Morgan fingerprint density at radius 3 is 2.88 bits per heavy atom. The van der Waals surface area contributed by atoms with Crippen molar-refractivity contribution in [3.63, 3.8) is 0 Å². The lowest BCUT2D eigenvalue weighted by Gasteiger charge is -2.15. The first-order chi connectivity index (χ1) is 8.11. The van der Waals surface area contributed by atoms with Gasteiger partial charge in [-0.1, -0.05) is 28.1 Å². The number of rotatable bonds is 7. The van der Waals surface area contributed by atoms with Crippen molar-refractivity contribution in [2.45, 2.75) is 25.3 Å². The second kappa shape index (κ2) is 7.06. The molecule has 4 nitrogen and oxygen atoms in total. The van der Waals surface area contributed by atoms with Crippen LogP contribution in [0.2, 0.25) is 0 Å². The molecule has 0 heterocycles. The van der Waals surface area contributed by atoms with Gasteiger partial charge in [-0.15, -0.1) is 0 Å². The van der Waals surface area contributed by atoms with Crippen LogP contribution in [0.1, 0.15) is 18.4 Å². The molecule has 1 rings (SSSR count). The second-order valence-corrected chi connectivity index (χ2v) is 4.66. The lowest BCUT2D eigenvalue weighted by atomic mass is 10.0. The molecule has 0 bridgehead atoms. The van der Waals surface area contributed by atoms with E-state index in [2.05, 4.69) is 21.2 Å². The van der Waals surface area contributed by atoms with E-state index in [1.807, 2.05) is 24.3 Å². The van der Waals surface area contributed by atoms with E-state index in [1.165, 1.54) is 0 Å². The Morgan fingerprint density at radius 2 is 2.29 bits per heavy atom. The molecule has 5 heteroatoms. The van der Waals surface area contributed by atoms with Gasteiger partial charge in [-0.2, -0.15) is 0 Å². The van der Waals surface area contributed by atoms with Crippen LogP contribution in [0.25, 0.3) is 0 Å². The van der Waals surface area contributed by atoms with Crippen LogP contribution in [-0.4, -0.2) is 23.5 Å². The minimum Gasteiger partial charge on any atom is -0.481 e. The van der Waals surface area contributed by atoms with Crippen molar-refractivity contribution in [3.8, 4) is 0 Å². The summed E-state index contributed by atoms with van der Waals surface area (Å²) in [5.74, 6) is -0.850. The molecule has 0 fully saturated rings. The number of carboxylic acid groups (broad SMARTS) is 1. The Kier molecular flexibility index (Phi) is 5.69. The van der Waals surface area contributed by atoms with Crippen LogP contribution in [0.4, 0.5) is 0 Å². The summed E-state index contributed by atoms with van der Waals surface area (Å²) < 4.78 is 0.970. The highest BCUT2D eigenvalue weighted by Gasteiger charge is 2.10. The number of benzene rings is 1. The van der Waals surface area contributed by atoms with Gasteiger partial charge in [-0.25, -0.2) is 0 Å². The van der Waals surface area contributed by atoms with Crippen LogP contribution in [0.15, 0.2) is 28.7 Å². The standard InChI is InChI=1S/C12H14BrNO3/c13-10-3-1-2-9(6-10)7-11(14-8-15)4-5-12(16)17/h1-3,6,8,11H,4-5,7H2,(H,14,15)(H,16,17). The first-order valence-electron chi connectivity index (χ1n) is 5.27. The molecular weight excluding hydrogens is 286 g/mol. The van der Waals surface area contributed by atoms with E-state index < -0.39 is 5.97 Å². The van der Waals surface area contributed by atoms with Gasteiger partial charge in [0, 0.05) is 16.9 Å². The number of nitrogens with one attached hydrogen (secondary N) is 1. The first kappa shape index (κ1) is 13.7. The zero-order valence-electron chi connectivity index (χ0n) is 9.23. The van der Waals surface area contributed by atoms with E-state index in [0.29, 0.717) is 19.3 Å². The molecule has 1 unspecified atom stereocenters. The van der Waals surface area contributed by atoms with Crippen LogP contribution in [0, 0.1) is 0 Å². The molecule has 17 heavy (non-hydrogen) atoms. The SMILES string of the molecule is O=CNC(CCC(=O)O)Cc1cccc(Br)c1. The van der Waals surface area contributed by atoms with E-state index >= 15 is 0 Å². The molecule has 92 valence electrons. The predicted octanol–water partition coefficient (Wildman–Crippen LogP) is 1.97. The maximum atomic E-state index is 10.5. The summed E-state index contributed by atoms with van der Waals surface area (Å²) >= 11 is 3.37. The number of hydrogen-bond donors (Lipinski definition) is 2. The molecule has 2 N–H and O–H groups in total. The molecule has 1 aromatic rings. The molecule has 0 aliphatic rings. The van der Waals surface area contributed by atoms with Crippen molar-refractivity contribution in [1.82, 2.24) is 5.32 Å². The highest BCUT2D eigenvalue weighted by atomic mass is 79.9. The Hall–Kier alpha value is -1.36. The van der Waals surface area contributed by atoms with Gasteiger partial charge in [0.15, 0.2) is 0 Å². The summed E-state index contributed by atoms with van der Waals surface area (Å²) in [4.78, 5) is 20.9. The number of carbonyl (C=O) groups excluding carboxylic acids is 1. The average Bonchev–Trinajstić information content (AvgIpc) is 2.26. The normalized spacial score (nSPS) is 11.8. The Balaban J connectivity index is 2.59. The lowest BCUT2D eigenvalue weighted by Crippen LogP contribution is -2.30. The quantitative estimate of drug-likeness (QED) is 0.757. The zero-order valence-corrected chi connectivity index (χ0v) is 10.8. The fraction of sp³-hybridized carbons (Fsp3) is 0.333. The van der Waals surface area contributed by atoms with Crippen molar-refractivity contribution < 1.29 is 14.7 Å². The van der Waals surface area contributed by atoms with Gasteiger partial charge in [-0.3, -0.25) is 9.59 Å². The maximum absolute atomic E-state index is 10.5. The number of aliphatic carboxylic acids is 1. The molecule has 1 amide bonds. The van der Waals surface area contributed by atoms with Crippen molar-refractivity contribution >= 4 is 28.3 Å². The van der Waals surface area contributed by atoms with Gasteiger partial charge in [0.2, 0.25) is 6.41 Å². The first-order valence-corrected chi connectivity index (χ1v) is 6.07. The molecule has 0 radical (unpaired) electrons. The van der Waals surface area contributed by atoms with Crippen LogP contribution >= 0.6 is 15.9 Å². The van der Waals surface area contributed by atoms with E-state index in [1.54, 1.807) is 0 Å². The van der Waals surface area contributed by atoms with Gasteiger partial charge in [0.1, 0.15) is 0 Å². The summed E-state index contributed by atoms with van der Waals surface area (Å²) in [6.07, 6.45) is 1.73. The molecule has 0 aliphatic heterocycles. The van der Waals surface area contributed by atoms with Crippen LogP contribution in [0.3, 0.4) is 0 Å². The Bertz CT molecular complexity index is 395. The van der Waals surface area contributed by atoms with Gasteiger partial charge in [0.25, 0.3) is 0 Å². The number of halogens is 1. The number of hydrogen-bond acceptors (Lipinski definition) is 2. The van der Waals surface area contributed by atoms with Crippen molar-refractivity contribution in [2.24, 2.45) is 0 Å². The van der Waals surface area contributed by atoms with Crippen molar-refractivity contribution in [2.75, 3.05) is 0 Å². The molecule has 0 saturated carbocycles. The van der Waals surface area contributed by atoms with Gasteiger partial charge >= 0.3 is 5.97 Å². The average molecular weight is 300 g/mol. The number of amides is 1. The smallest absolute Gasteiger partial charge is 0.303 e. The topological polar surface area (TPSA) is 66.4 Å². The van der Waals surface area contributed by atoms with E-state index in [0.717, 1.165) is 10.0 Å². The summed E-state index contributed by atoms with van der Waals surface area (Å²) in [7, 11) is 0. The van der Waals surface area contributed by atoms with E-state index in [4.69, 9.17) is 5.11 Å². The summed E-state index contributed by atoms with van der Waals surface area (Å²) in [6, 6.07) is 7.60. The van der Waals surface area contributed by atoms with E-state index in [-0.39, 0.29) is 12.5 Å². The summed E-state index contributed by atoms with van der Waals surface area (Å²) in [5, 5.41) is 11.3. The fourth-order valence-corrected chi connectivity index (χ4v) is 2.03. The third-order valence-corrected chi connectivity index (χ3v) is 2.87. The molecule has 0 saturated heterocycles. The minimum absolute atomic E-state index is 0.0551. The minimum atomic E-state index is -0.850. The third kappa shape index (κ3) is 5.49. The van der Waals surface area contributed by atoms with Crippen molar-refractivity contribution in [1.29, 1.82) is 0 Å². The lowest BCUT2D eigenvalue weighted by molar-refractivity contribution is -0.137. The molecule has 1 aromatic carbocycles. The van der Waals surface area contributed by atoms with Crippen molar-refractivity contribution in [3.05, 3.63) is 34.3 Å². The third-order valence-electron chi connectivity index (χ3n) is 2.38. The zero-order chi connectivity index (χ0) is 12.7. The molecule has 0 aliphatic carbocycles. The fourth-order valence-electron chi connectivity index (χ4n) is 1.59. The highest BCUT2D eigenvalue weighted by Crippen LogP contribution is 2.14. The monoisotopic (exact) mass is 299 g/mol. The summed E-state index contributed by atoms with van der Waals surface area (Å²) in [6.45, 7) is 0. The molecule has 0 spiro atoms. The molecular formula is C12H14BrNO3. The maximum Gasteiger partial charge on any atom is 0.303 e. The molecule has 1 atom stereocenters. The predicted molar refractivity (Wildman–Crippen MR) is 67.7 cm³/mol. The van der Waals surface area contributed by atoms with Gasteiger partial charge in [-0.05, 0) is 30.5 Å². The van der Waals surface area contributed by atoms with Crippen LogP contribution in [-0.2, 0) is 16.0 Å². The summed E-state index contributed by atoms with van der Waals surface area (Å²) in [5.41, 5.74) is 1.06.